The number of rotatable bonds is 9. The van der Waals surface area contributed by atoms with E-state index in [4.69, 9.17) is 10.4 Å². The van der Waals surface area contributed by atoms with Crippen molar-refractivity contribution in [3.05, 3.63) is 17.7 Å². The second-order valence-electron chi connectivity index (χ2n) is 10.6. The van der Waals surface area contributed by atoms with Crippen molar-refractivity contribution in [3.8, 4) is 0 Å². The van der Waals surface area contributed by atoms with E-state index < -0.39 is 0 Å². The number of carbonyl (C=O) groups excluding carboxylic acids is 1. The zero-order valence-electron chi connectivity index (χ0n) is 22.0. The molecule has 0 unspecified atom stereocenters. The molecule has 200 valence electrons. The molecule has 9 nitrogen and oxygen atoms in total. The number of aliphatic hydroxyl groups excluding tert-OH is 1. The predicted octanol–water partition coefficient (Wildman–Crippen LogP) is 2.16. The first-order chi connectivity index (χ1) is 17.6. The molecule has 4 N–H and O–H groups in total. The van der Waals surface area contributed by atoms with E-state index in [1.807, 2.05) is 12.1 Å². The topological polar surface area (TPSA) is 108 Å². The standard InChI is InChI=1S/C27H45N7O2/c1-29-26-23(6-7-24(31-26)34-12-4-2-3-5-13-34)25(28)27(36)30-22-10-16-33(17-11-22)19-18-32-14-8-21(20-35)9-15-32/h6-7,21-22,28,35H,2-5,8-20H2,1H3,(H,29,31)(H,30,36). The van der Waals surface area contributed by atoms with Crippen LogP contribution < -0.4 is 15.5 Å². The molecule has 36 heavy (non-hydrogen) atoms. The number of aliphatic hydroxyl groups is 1. The predicted molar refractivity (Wildman–Crippen MR) is 145 cm³/mol. The molecule has 0 bridgehead atoms. The van der Waals surface area contributed by atoms with Gasteiger partial charge in [0.05, 0.1) is 0 Å². The van der Waals surface area contributed by atoms with Crippen LogP contribution in [0.25, 0.3) is 0 Å². The molecule has 9 heteroatoms. The lowest BCUT2D eigenvalue weighted by molar-refractivity contribution is -0.115. The quantitative estimate of drug-likeness (QED) is 0.386. The van der Waals surface area contributed by atoms with Crippen LogP contribution in [0.15, 0.2) is 12.1 Å². The third-order valence-corrected chi connectivity index (χ3v) is 8.16. The highest BCUT2D eigenvalue weighted by molar-refractivity contribution is 6.45. The molecule has 0 atom stereocenters. The molecule has 0 spiro atoms. The highest BCUT2D eigenvalue weighted by atomic mass is 16.3. The molecule has 0 aliphatic carbocycles. The number of likely N-dealkylation sites (tertiary alicyclic amines) is 2. The van der Waals surface area contributed by atoms with Gasteiger partial charge in [-0.1, -0.05) is 12.8 Å². The lowest BCUT2D eigenvalue weighted by Gasteiger charge is -2.36. The number of hydrogen-bond acceptors (Lipinski definition) is 8. The summed E-state index contributed by atoms with van der Waals surface area (Å²) in [6.45, 7) is 8.58. The molecule has 4 heterocycles. The van der Waals surface area contributed by atoms with Gasteiger partial charge in [0, 0.05) is 64.5 Å². The van der Waals surface area contributed by atoms with Crippen LogP contribution in [0.4, 0.5) is 11.6 Å². The molecule has 3 saturated heterocycles. The number of nitrogens with one attached hydrogen (secondary N) is 3. The molecule has 1 aromatic heterocycles. The van der Waals surface area contributed by atoms with Crippen molar-refractivity contribution in [1.29, 1.82) is 5.41 Å². The monoisotopic (exact) mass is 499 g/mol. The smallest absolute Gasteiger partial charge is 0.270 e. The molecule has 1 aromatic rings. The maximum absolute atomic E-state index is 12.9. The second-order valence-corrected chi connectivity index (χ2v) is 10.6. The van der Waals surface area contributed by atoms with Crippen molar-refractivity contribution in [3.63, 3.8) is 0 Å². The van der Waals surface area contributed by atoms with Crippen molar-refractivity contribution < 1.29 is 9.90 Å². The van der Waals surface area contributed by atoms with Gasteiger partial charge in [0.15, 0.2) is 0 Å². The molecule has 3 fully saturated rings. The van der Waals surface area contributed by atoms with Crippen molar-refractivity contribution in [1.82, 2.24) is 20.1 Å². The Morgan fingerprint density at radius 2 is 1.58 bits per heavy atom. The van der Waals surface area contributed by atoms with Crippen LogP contribution in [0.3, 0.4) is 0 Å². The van der Waals surface area contributed by atoms with Crippen LogP contribution in [-0.4, -0.2) is 104 Å². The van der Waals surface area contributed by atoms with E-state index in [9.17, 15) is 9.90 Å². The van der Waals surface area contributed by atoms with Gasteiger partial charge >= 0.3 is 0 Å². The van der Waals surface area contributed by atoms with E-state index in [2.05, 4.69) is 25.3 Å². The van der Waals surface area contributed by atoms with Crippen molar-refractivity contribution >= 4 is 23.3 Å². The lowest BCUT2D eigenvalue weighted by atomic mass is 9.98. The number of anilines is 2. The van der Waals surface area contributed by atoms with Gasteiger partial charge in [0.25, 0.3) is 5.91 Å². The highest BCUT2D eigenvalue weighted by Crippen LogP contribution is 2.23. The minimum absolute atomic E-state index is 0.0250. The Kier molecular flexibility index (Phi) is 9.95. The molecule has 3 aliphatic heterocycles. The molecule has 1 amide bonds. The summed E-state index contributed by atoms with van der Waals surface area (Å²) in [6.07, 6.45) is 8.91. The van der Waals surface area contributed by atoms with Crippen LogP contribution >= 0.6 is 0 Å². The van der Waals surface area contributed by atoms with Crippen molar-refractivity contribution in [2.75, 3.05) is 76.2 Å². The van der Waals surface area contributed by atoms with Crippen molar-refractivity contribution in [2.45, 2.75) is 57.4 Å². The summed E-state index contributed by atoms with van der Waals surface area (Å²) in [4.78, 5) is 25.0. The molecule has 0 radical (unpaired) electrons. The van der Waals surface area contributed by atoms with Crippen LogP contribution in [0, 0.1) is 11.3 Å². The van der Waals surface area contributed by atoms with Gasteiger partial charge in [0.2, 0.25) is 0 Å². The Morgan fingerprint density at radius 1 is 0.972 bits per heavy atom. The Morgan fingerprint density at radius 3 is 2.17 bits per heavy atom. The summed E-state index contributed by atoms with van der Waals surface area (Å²) < 4.78 is 0. The first kappa shape index (κ1) is 26.8. The fourth-order valence-corrected chi connectivity index (χ4v) is 5.67. The summed E-state index contributed by atoms with van der Waals surface area (Å²) in [5.41, 5.74) is 0.527. The lowest BCUT2D eigenvalue weighted by Crippen LogP contribution is -2.48. The van der Waals surface area contributed by atoms with Crippen LogP contribution in [0.1, 0.15) is 56.9 Å². The van der Waals surface area contributed by atoms with E-state index in [1.54, 1.807) is 7.05 Å². The van der Waals surface area contributed by atoms with Gasteiger partial charge in [-0.2, -0.15) is 0 Å². The molecule has 0 saturated carbocycles. The first-order valence-corrected chi connectivity index (χ1v) is 14.0. The molecular formula is C27H45N7O2. The SMILES string of the molecule is CNc1nc(N2CCCCCC2)ccc1C(=N)C(=O)NC1CCN(CCN2CCC(CO)CC2)CC1. The fraction of sp³-hybridized carbons (Fsp3) is 0.741. The van der Waals surface area contributed by atoms with E-state index in [0.29, 0.717) is 23.9 Å². The molecule has 0 aromatic carbocycles. The normalized spacial score (nSPS) is 21.2. The van der Waals surface area contributed by atoms with Crippen LogP contribution in [0.2, 0.25) is 0 Å². The average molecular weight is 500 g/mol. The summed E-state index contributed by atoms with van der Waals surface area (Å²) in [5.74, 6) is 1.68. The van der Waals surface area contributed by atoms with Gasteiger partial charge < -0.3 is 30.4 Å². The van der Waals surface area contributed by atoms with Gasteiger partial charge in [-0.05, 0) is 69.7 Å². The minimum atomic E-state index is -0.318. The Bertz CT molecular complexity index is 856. The number of hydrogen-bond donors (Lipinski definition) is 4. The minimum Gasteiger partial charge on any atom is -0.396 e. The molecular weight excluding hydrogens is 454 g/mol. The van der Waals surface area contributed by atoms with Gasteiger partial charge in [-0.3, -0.25) is 10.2 Å². The van der Waals surface area contributed by atoms with E-state index in [-0.39, 0.29) is 17.7 Å². The molecule has 3 aliphatic rings. The number of amides is 1. The van der Waals surface area contributed by atoms with E-state index in [0.717, 1.165) is 83.9 Å². The zero-order valence-corrected chi connectivity index (χ0v) is 22.0. The van der Waals surface area contributed by atoms with Gasteiger partial charge in [-0.25, -0.2) is 4.98 Å². The van der Waals surface area contributed by atoms with E-state index in [1.165, 1.54) is 25.7 Å². The highest BCUT2D eigenvalue weighted by Gasteiger charge is 2.25. The van der Waals surface area contributed by atoms with Gasteiger partial charge in [-0.15, -0.1) is 0 Å². The average Bonchev–Trinajstić information content (AvgIpc) is 3.22. The number of nitrogens with zero attached hydrogens (tertiary/aromatic N) is 4. The first-order valence-electron chi connectivity index (χ1n) is 14.0. The van der Waals surface area contributed by atoms with Crippen LogP contribution in [0.5, 0.6) is 0 Å². The third-order valence-electron chi connectivity index (χ3n) is 8.16. The van der Waals surface area contributed by atoms with Crippen LogP contribution in [-0.2, 0) is 4.79 Å². The zero-order chi connectivity index (χ0) is 25.3. The molecule has 4 rings (SSSR count). The maximum Gasteiger partial charge on any atom is 0.270 e. The maximum atomic E-state index is 12.9. The Hall–Kier alpha value is -2.23. The van der Waals surface area contributed by atoms with Gasteiger partial charge in [0.1, 0.15) is 17.3 Å². The number of carbonyl (C=O) groups is 1. The van der Waals surface area contributed by atoms with Crippen molar-refractivity contribution in [2.24, 2.45) is 5.92 Å². The largest absolute Gasteiger partial charge is 0.396 e. The number of piperidine rings is 2. The summed E-state index contributed by atoms with van der Waals surface area (Å²) in [7, 11) is 1.80. The number of pyridine rings is 1. The Balaban J connectivity index is 1.23. The summed E-state index contributed by atoms with van der Waals surface area (Å²) >= 11 is 0. The third kappa shape index (κ3) is 7.17. The van der Waals surface area contributed by atoms with E-state index >= 15 is 0 Å². The summed E-state index contributed by atoms with van der Waals surface area (Å²) in [5, 5.41) is 24.1. The number of aromatic nitrogens is 1. The summed E-state index contributed by atoms with van der Waals surface area (Å²) in [6, 6.07) is 3.93. The fourth-order valence-electron chi connectivity index (χ4n) is 5.67. The second kappa shape index (κ2) is 13.4. The Labute approximate surface area is 216 Å².